The predicted molar refractivity (Wildman–Crippen MR) is 118 cm³/mol. The van der Waals surface area contributed by atoms with Crippen LogP contribution < -0.4 is 10.7 Å². The molecule has 0 unspecified atom stereocenters. The van der Waals surface area contributed by atoms with Crippen LogP contribution in [0.4, 0.5) is 5.69 Å². The number of rotatable bonds is 6. The number of nitrogens with zero attached hydrogens (tertiary/aromatic N) is 1. The highest BCUT2D eigenvalue weighted by Gasteiger charge is 2.18. The Labute approximate surface area is 181 Å². The summed E-state index contributed by atoms with van der Waals surface area (Å²) in [6, 6.07) is 18.0. The summed E-state index contributed by atoms with van der Waals surface area (Å²) in [6.07, 6.45) is 0.105. The predicted octanol–water partition coefficient (Wildman–Crippen LogP) is 3.95. The molecule has 1 heterocycles. The lowest BCUT2D eigenvalue weighted by atomic mass is 10.1. The monoisotopic (exact) mass is 469 g/mol. The number of carboxylic acid groups (broad SMARTS) is 1. The minimum Gasteiger partial charge on any atom is -0.481 e. The van der Waals surface area contributed by atoms with E-state index in [-0.39, 0.29) is 12.8 Å². The Balaban J connectivity index is 1.84. The number of carbonyl (C=O) groups is 3. The highest BCUT2D eigenvalue weighted by molar-refractivity contribution is 9.10. The maximum absolute atomic E-state index is 12.5. The summed E-state index contributed by atoms with van der Waals surface area (Å²) in [6.45, 7) is 1.97. The largest absolute Gasteiger partial charge is 0.481 e. The van der Waals surface area contributed by atoms with Crippen LogP contribution in [0.2, 0.25) is 0 Å². The number of carbonyl (C=O) groups excluding carboxylic acids is 2. The van der Waals surface area contributed by atoms with Crippen molar-refractivity contribution in [3.8, 4) is 11.3 Å². The van der Waals surface area contributed by atoms with Gasteiger partial charge in [0, 0.05) is 27.8 Å². The van der Waals surface area contributed by atoms with Crippen LogP contribution in [0.25, 0.3) is 11.3 Å². The molecule has 2 aromatic carbocycles. The van der Waals surface area contributed by atoms with E-state index < -0.39 is 17.8 Å². The summed E-state index contributed by atoms with van der Waals surface area (Å²) in [4.78, 5) is 35.9. The fourth-order valence-electron chi connectivity index (χ4n) is 2.86. The summed E-state index contributed by atoms with van der Waals surface area (Å²) >= 11 is 3.31. The zero-order valence-corrected chi connectivity index (χ0v) is 17.8. The van der Waals surface area contributed by atoms with Gasteiger partial charge in [-0.1, -0.05) is 45.8 Å². The Morgan fingerprint density at radius 2 is 1.60 bits per heavy atom. The molecule has 0 spiro atoms. The first-order chi connectivity index (χ1) is 14.3. The van der Waals surface area contributed by atoms with E-state index in [9.17, 15) is 14.4 Å². The van der Waals surface area contributed by atoms with Gasteiger partial charge in [0.2, 0.25) is 0 Å². The van der Waals surface area contributed by atoms with Gasteiger partial charge in [0.25, 0.3) is 0 Å². The van der Waals surface area contributed by atoms with Gasteiger partial charge < -0.3 is 10.4 Å². The van der Waals surface area contributed by atoms with Crippen molar-refractivity contribution >= 4 is 39.4 Å². The second-order valence-electron chi connectivity index (χ2n) is 6.71. The Morgan fingerprint density at radius 1 is 0.933 bits per heavy atom. The molecule has 1 aromatic heterocycles. The lowest BCUT2D eigenvalue weighted by molar-refractivity contribution is -0.137. The van der Waals surface area contributed by atoms with Gasteiger partial charge in [-0.25, -0.2) is 0 Å². The number of hydrogen-bond donors (Lipinski definition) is 3. The summed E-state index contributed by atoms with van der Waals surface area (Å²) in [5.41, 5.74) is 6.22. The molecule has 30 heavy (non-hydrogen) atoms. The highest BCUT2D eigenvalue weighted by atomic mass is 79.9. The van der Waals surface area contributed by atoms with Gasteiger partial charge in [-0.2, -0.15) is 0 Å². The molecule has 3 N–H and O–H groups in total. The molecule has 0 saturated heterocycles. The number of benzene rings is 2. The Morgan fingerprint density at radius 3 is 2.23 bits per heavy atom. The molecule has 0 radical (unpaired) electrons. The van der Waals surface area contributed by atoms with Gasteiger partial charge in [0.05, 0.1) is 12.1 Å². The Bertz CT molecular complexity index is 1070. The van der Waals surface area contributed by atoms with E-state index in [2.05, 4.69) is 26.7 Å². The van der Waals surface area contributed by atoms with Crippen molar-refractivity contribution in [1.82, 2.24) is 4.68 Å². The molecule has 3 aromatic rings. The van der Waals surface area contributed by atoms with Gasteiger partial charge in [-0.15, -0.1) is 0 Å². The minimum absolute atomic E-state index is 0.0989. The van der Waals surface area contributed by atoms with Crippen molar-refractivity contribution in [3.05, 3.63) is 76.4 Å². The molecule has 0 atom stereocenters. The molecule has 0 aliphatic carbocycles. The van der Waals surface area contributed by atoms with E-state index in [0.29, 0.717) is 17.1 Å². The third kappa shape index (κ3) is 5.36. The van der Waals surface area contributed by atoms with Gasteiger partial charge in [0.1, 0.15) is 0 Å². The Kier molecular flexibility index (Phi) is 6.68. The lowest BCUT2D eigenvalue weighted by Gasteiger charge is -2.15. The van der Waals surface area contributed by atoms with Crippen LogP contribution in [0.3, 0.4) is 0 Å². The van der Waals surface area contributed by atoms with Crippen molar-refractivity contribution in [3.63, 3.8) is 0 Å². The average Bonchev–Trinajstić information content (AvgIpc) is 3.11. The van der Waals surface area contributed by atoms with Crippen LogP contribution in [0.5, 0.6) is 0 Å². The van der Waals surface area contributed by atoms with Crippen LogP contribution in [-0.4, -0.2) is 27.6 Å². The maximum Gasteiger partial charge on any atom is 0.328 e. The zero-order valence-electron chi connectivity index (χ0n) is 16.2. The fourth-order valence-corrected chi connectivity index (χ4v) is 3.13. The normalized spacial score (nSPS) is 10.5. The van der Waals surface area contributed by atoms with Gasteiger partial charge in [0.15, 0.2) is 0 Å². The SMILES string of the molecule is Cc1ccc(-c2ccc(CCC(=O)O)n2NC(=O)C(=O)Nc2ccc(Br)cc2)cc1. The molecule has 0 aliphatic rings. The smallest absolute Gasteiger partial charge is 0.328 e. The molecule has 7 nitrogen and oxygen atoms in total. The van der Waals surface area contributed by atoms with Gasteiger partial charge in [-0.3, -0.25) is 24.5 Å². The van der Waals surface area contributed by atoms with Crippen molar-refractivity contribution < 1.29 is 19.5 Å². The molecule has 154 valence electrons. The van der Waals surface area contributed by atoms with Crippen LogP contribution in [0.1, 0.15) is 17.7 Å². The molecule has 2 amide bonds. The first-order valence-corrected chi connectivity index (χ1v) is 10.00. The van der Waals surface area contributed by atoms with E-state index >= 15 is 0 Å². The van der Waals surface area contributed by atoms with Crippen LogP contribution >= 0.6 is 15.9 Å². The van der Waals surface area contributed by atoms with Crippen molar-refractivity contribution in [2.45, 2.75) is 19.8 Å². The summed E-state index contributed by atoms with van der Waals surface area (Å²) in [5.74, 6) is -2.64. The van der Waals surface area contributed by atoms with Crippen LogP contribution in [0, 0.1) is 6.92 Å². The number of carboxylic acids is 1. The number of aliphatic carboxylic acids is 1. The quantitative estimate of drug-likeness (QED) is 0.475. The molecule has 0 aliphatic heterocycles. The van der Waals surface area contributed by atoms with E-state index in [0.717, 1.165) is 15.6 Å². The van der Waals surface area contributed by atoms with Crippen LogP contribution in [0.15, 0.2) is 65.1 Å². The summed E-state index contributed by atoms with van der Waals surface area (Å²) in [7, 11) is 0. The van der Waals surface area contributed by atoms with E-state index in [1.54, 1.807) is 36.4 Å². The lowest BCUT2D eigenvalue weighted by Crippen LogP contribution is -2.35. The molecule has 0 bridgehead atoms. The van der Waals surface area contributed by atoms with Crippen molar-refractivity contribution in [1.29, 1.82) is 0 Å². The van der Waals surface area contributed by atoms with E-state index in [1.807, 2.05) is 31.2 Å². The van der Waals surface area contributed by atoms with Crippen LogP contribution in [-0.2, 0) is 20.8 Å². The zero-order chi connectivity index (χ0) is 21.7. The first-order valence-electron chi connectivity index (χ1n) is 9.21. The topological polar surface area (TPSA) is 100 Å². The third-order valence-electron chi connectivity index (χ3n) is 4.43. The molecule has 3 rings (SSSR count). The van der Waals surface area contributed by atoms with Crippen molar-refractivity contribution in [2.24, 2.45) is 0 Å². The van der Waals surface area contributed by atoms with Crippen molar-refractivity contribution in [2.75, 3.05) is 10.7 Å². The Hall–Kier alpha value is -3.39. The highest BCUT2D eigenvalue weighted by Crippen LogP contribution is 2.23. The number of amides is 2. The average molecular weight is 470 g/mol. The van der Waals surface area contributed by atoms with E-state index in [4.69, 9.17) is 5.11 Å². The molecule has 8 heteroatoms. The standard InChI is InChI=1S/C22H20BrN3O4/c1-14-2-4-15(5-3-14)19-12-10-18(11-13-20(27)28)26(19)25-22(30)21(29)24-17-8-6-16(23)7-9-17/h2-10,12H,11,13H2,1H3,(H,24,29)(H,25,30)(H,27,28). The molecule has 0 saturated carbocycles. The number of halogens is 1. The first kappa shape index (κ1) is 21.3. The molecular weight excluding hydrogens is 450 g/mol. The third-order valence-corrected chi connectivity index (χ3v) is 4.95. The number of nitrogens with one attached hydrogen (secondary N) is 2. The minimum atomic E-state index is -0.945. The van der Waals surface area contributed by atoms with Gasteiger partial charge in [-0.05, 0) is 43.3 Å². The number of aryl methyl sites for hydroxylation is 2. The number of anilines is 1. The van der Waals surface area contributed by atoms with Gasteiger partial charge >= 0.3 is 17.8 Å². The second-order valence-corrected chi connectivity index (χ2v) is 7.62. The number of aromatic nitrogens is 1. The molecular formula is C22H20BrN3O4. The summed E-state index contributed by atoms with van der Waals surface area (Å²) < 4.78 is 2.32. The maximum atomic E-state index is 12.5. The van der Waals surface area contributed by atoms with E-state index in [1.165, 1.54) is 4.68 Å². The second kappa shape index (κ2) is 9.41. The fraction of sp³-hybridized carbons (Fsp3) is 0.136. The molecule has 0 fully saturated rings. The summed E-state index contributed by atoms with van der Waals surface area (Å²) in [5, 5.41) is 11.5. The number of hydrogen-bond acceptors (Lipinski definition) is 3.